The topological polar surface area (TPSA) is 142 Å². The summed E-state index contributed by atoms with van der Waals surface area (Å²) in [7, 11) is 0. The molecule has 0 spiro atoms. The van der Waals surface area contributed by atoms with Gasteiger partial charge in [0.05, 0.1) is 12.1 Å². The summed E-state index contributed by atoms with van der Waals surface area (Å²) in [6.07, 6.45) is 6.47. The van der Waals surface area contributed by atoms with Gasteiger partial charge in [0.15, 0.2) is 0 Å². The summed E-state index contributed by atoms with van der Waals surface area (Å²) < 4.78 is 6.94. The molecular weight excluding hydrogens is 444 g/mol. The van der Waals surface area contributed by atoms with E-state index < -0.39 is 5.91 Å². The van der Waals surface area contributed by atoms with Crippen molar-refractivity contribution in [3.63, 3.8) is 0 Å². The van der Waals surface area contributed by atoms with Crippen molar-refractivity contribution in [2.45, 2.75) is 58.4 Å². The van der Waals surface area contributed by atoms with Crippen LogP contribution in [-0.4, -0.2) is 26.8 Å². The second-order valence-electron chi connectivity index (χ2n) is 10.3. The Morgan fingerprint density at radius 2 is 1.97 bits per heavy atom. The van der Waals surface area contributed by atoms with Crippen molar-refractivity contribution in [2.24, 2.45) is 23.5 Å². The smallest absolute Gasteiger partial charge is 0.254 e. The van der Waals surface area contributed by atoms with Crippen LogP contribution in [0.4, 0.5) is 11.7 Å². The van der Waals surface area contributed by atoms with Crippen molar-refractivity contribution in [3.05, 3.63) is 47.2 Å². The molecule has 0 radical (unpaired) electrons. The lowest BCUT2D eigenvalue weighted by atomic mass is 9.85. The Morgan fingerprint density at radius 1 is 1.20 bits per heavy atom. The molecule has 3 aromatic rings. The van der Waals surface area contributed by atoms with Crippen LogP contribution in [-0.2, 0) is 17.6 Å². The fourth-order valence-corrected chi connectivity index (χ4v) is 5.80. The van der Waals surface area contributed by atoms with Crippen LogP contribution in [0.5, 0.6) is 0 Å². The van der Waals surface area contributed by atoms with E-state index in [9.17, 15) is 9.59 Å². The molecule has 2 aliphatic rings. The Labute approximate surface area is 204 Å². The minimum atomic E-state index is -0.625. The molecule has 3 unspecified atom stereocenters. The van der Waals surface area contributed by atoms with E-state index in [1.165, 1.54) is 25.7 Å². The Morgan fingerprint density at radius 3 is 2.60 bits per heavy atom. The maximum absolute atomic E-state index is 12.6. The number of nitrogen functional groups attached to an aromatic ring is 1. The number of aromatic nitrogens is 3. The standard InChI is InChI=1S/C26H32N6O3/c1-14(2)32-25(27)23(26(28)34)24(30-32)17-6-3-15(4-7-17)11-21(33)29-22-13-20(31-35-22)12-19-10-16-5-8-18(19)9-16/h3-4,6-7,13-14,16,18-19H,5,8-12,27H2,1-2H3,(H2,28,34)(H,29,33). The van der Waals surface area contributed by atoms with Crippen LogP contribution >= 0.6 is 0 Å². The van der Waals surface area contributed by atoms with E-state index in [4.69, 9.17) is 16.0 Å². The fraction of sp³-hybridized carbons (Fsp3) is 0.462. The van der Waals surface area contributed by atoms with Crippen LogP contribution in [0.25, 0.3) is 11.3 Å². The van der Waals surface area contributed by atoms with Gasteiger partial charge in [-0.1, -0.05) is 35.8 Å². The quantitative estimate of drug-likeness (QED) is 0.449. The van der Waals surface area contributed by atoms with Crippen LogP contribution < -0.4 is 16.8 Å². The highest BCUT2D eigenvalue weighted by atomic mass is 16.5. The van der Waals surface area contributed by atoms with Crippen LogP contribution in [0.3, 0.4) is 0 Å². The second-order valence-corrected chi connectivity index (χ2v) is 10.3. The van der Waals surface area contributed by atoms with E-state index in [0.29, 0.717) is 23.1 Å². The highest BCUT2D eigenvalue weighted by Gasteiger charge is 2.39. The van der Waals surface area contributed by atoms with Crippen LogP contribution in [0.15, 0.2) is 34.9 Å². The number of rotatable bonds is 8. The summed E-state index contributed by atoms with van der Waals surface area (Å²) in [5, 5.41) is 11.5. The normalized spacial score (nSPS) is 21.1. The van der Waals surface area contributed by atoms with Gasteiger partial charge in [0.25, 0.3) is 5.91 Å². The highest BCUT2D eigenvalue weighted by molar-refractivity contribution is 6.03. The number of amides is 2. The zero-order chi connectivity index (χ0) is 24.7. The van der Waals surface area contributed by atoms with Gasteiger partial charge in [0.1, 0.15) is 17.1 Å². The molecule has 9 nitrogen and oxygen atoms in total. The first-order valence-electron chi connectivity index (χ1n) is 12.3. The molecule has 3 atom stereocenters. The van der Waals surface area contributed by atoms with Crippen LogP contribution in [0.2, 0.25) is 0 Å². The van der Waals surface area contributed by atoms with Crippen molar-refractivity contribution in [2.75, 3.05) is 11.1 Å². The number of benzene rings is 1. The molecule has 2 saturated carbocycles. The Kier molecular flexibility index (Phi) is 6.08. The van der Waals surface area contributed by atoms with Crippen molar-refractivity contribution >= 4 is 23.5 Å². The Bertz CT molecular complexity index is 1240. The van der Waals surface area contributed by atoms with E-state index in [0.717, 1.165) is 29.5 Å². The first-order valence-corrected chi connectivity index (χ1v) is 12.3. The predicted molar refractivity (Wildman–Crippen MR) is 132 cm³/mol. The number of hydrogen-bond donors (Lipinski definition) is 3. The third-order valence-corrected chi connectivity index (χ3v) is 7.45. The minimum absolute atomic E-state index is 0.0188. The summed E-state index contributed by atoms with van der Waals surface area (Å²) in [6.45, 7) is 3.85. The van der Waals surface area contributed by atoms with Gasteiger partial charge in [-0.15, -0.1) is 0 Å². The average Bonchev–Trinajstić information content (AvgIpc) is 3.59. The largest absolute Gasteiger partial charge is 0.383 e. The van der Waals surface area contributed by atoms with E-state index in [2.05, 4.69) is 15.6 Å². The number of nitrogens with two attached hydrogens (primary N) is 2. The molecule has 35 heavy (non-hydrogen) atoms. The number of carbonyl (C=O) groups is 2. The maximum Gasteiger partial charge on any atom is 0.254 e. The monoisotopic (exact) mass is 476 g/mol. The molecule has 0 aliphatic heterocycles. The number of primary amides is 1. The first kappa shape index (κ1) is 23.1. The molecular formula is C26H32N6O3. The molecule has 0 saturated heterocycles. The first-order chi connectivity index (χ1) is 16.8. The molecule has 5 rings (SSSR count). The van der Waals surface area contributed by atoms with Crippen LogP contribution in [0, 0.1) is 17.8 Å². The lowest BCUT2D eigenvalue weighted by Crippen LogP contribution is -2.15. The van der Waals surface area contributed by atoms with E-state index in [1.54, 1.807) is 4.68 Å². The van der Waals surface area contributed by atoms with Gasteiger partial charge in [-0.3, -0.25) is 14.9 Å². The molecule has 9 heteroatoms. The summed E-state index contributed by atoms with van der Waals surface area (Å²) in [6, 6.07) is 9.09. The SMILES string of the molecule is CC(C)n1nc(-c2ccc(CC(=O)Nc3cc(CC4CC5CCC4C5)no3)cc2)c(C(N)=O)c1N. The van der Waals surface area contributed by atoms with Crippen LogP contribution in [0.1, 0.15) is 67.2 Å². The van der Waals surface area contributed by atoms with Gasteiger partial charge in [-0.05, 0) is 62.8 Å². The maximum atomic E-state index is 12.6. The van der Waals surface area contributed by atoms with Gasteiger partial charge < -0.3 is 16.0 Å². The second kappa shape index (κ2) is 9.20. The number of carbonyl (C=O) groups excluding carboxylic acids is 2. The number of nitrogens with one attached hydrogen (secondary N) is 1. The molecule has 2 bridgehead atoms. The highest BCUT2D eigenvalue weighted by Crippen LogP contribution is 2.49. The van der Waals surface area contributed by atoms with E-state index in [-0.39, 0.29) is 29.8 Å². The van der Waals surface area contributed by atoms with Gasteiger partial charge in [0, 0.05) is 17.7 Å². The van der Waals surface area contributed by atoms with Crippen molar-refractivity contribution < 1.29 is 14.1 Å². The molecule has 2 aromatic heterocycles. The Balaban J connectivity index is 1.21. The molecule has 5 N–H and O–H groups in total. The lowest BCUT2D eigenvalue weighted by Gasteiger charge is -2.19. The number of hydrogen-bond acceptors (Lipinski definition) is 6. The fourth-order valence-electron chi connectivity index (χ4n) is 5.80. The number of anilines is 2. The molecule has 2 amide bonds. The predicted octanol–water partition coefficient (Wildman–Crippen LogP) is 3.96. The summed E-state index contributed by atoms with van der Waals surface area (Å²) in [5.74, 6) is 2.23. The zero-order valence-corrected chi connectivity index (χ0v) is 20.2. The van der Waals surface area contributed by atoms with Crippen molar-refractivity contribution in [3.8, 4) is 11.3 Å². The lowest BCUT2D eigenvalue weighted by molar-refractivity contribution is -0.115. The molecule has 2 fully saturated rings. The number of fused-ring (bicyclic) bond motifs is 2. The van der Waals surface area contributed by atoms with Gasteiger partial charge in [-0.2, -0.15) is 5.10 Å². The molecule has 2 heterocycles. The summed E-state index contributed by atoms with van der Waals surface area (Å²) >= 11 is 0. The van der Waals surface area contributed by atoms with Gasteiger partial charge >= 0.3 is 0 Å². The summed E-state index contributed by atoms with van der Waals surface area (Å²) in [5.41, 5.74) is 14.7. The third-order valence-electron chi connectivity index (χ3n) is 7.45. The minimum Gasteiger partial charge on any atom is -0.383 e. The van der Waals surface area contributed by atoms with Crippen molar-refractivity contribution in [1.29, 1.82) is 0 Å². The van der Waals surface area contributed by atoms with E-state index >= 15 is 0 Å². The third kappa shape index (κ3) is 4.67. The van der Waals surface area contributed by atoms with Gasteiger partial charge in [0.2, 0.25) is 11.8 Å². The zero-order valence-electron chi connectivity index (χ0n) is 20.2. The molecule has 1 aromatic carbocycles. The molecule has 2 aliphatic carbocycles. The molecule has 184 valence electrons. The van der Waals surface area contributed by atoms with Crippen molar-refractivity contribution in [1.82, 2.24) is 14.9 Å². The Hall–Kier alpha value is -3.62. The van der Waals surface area contributed by atoms with Gasteiger partial charge in [-0.25, -0.2) is 4.68 Å². The average molecular weight is 477 g/mol. The summed E-state index contributed by atoms with van der Waals surface area (Å²) in [4.78, 5) is 24.6. The van der Waals surface area contributed by atoms with E-state index in [1.807, 2.05) is 44.2 Å². The number of nitrogens with zero attached hydrogens (tertiary/aromatic N) is 3.